The molecule has 6 N–H and O–H groups in total. The standard InChI is InChI=1S/C19H35N3O4/c1-4-14(2)21-10-16(23)12-25-18-6-5-7-19(8-18)26-13-17(24)11-22-15(3)9-20/h5-8,14-17,21-24H,4,9-13,20H2,1-3H3. The van der Waals surface area contributed by atoms with E-state index in [0.717, 1.165) is 6.42 Å². The molecule has 26 heavy (non-hydrogen) atoms. The predicted molar refractivity (Wildman–Crippen MR) is 104 cm³/mol. The molecule has 0 saturated carbocycles. The van der Waals surface area contributed by atoms with Crippen LogP contribution in [0.4, 0.5) is 0 Å². The first-order valence-electron chi connectivity index (χ1n) is 9.33. The van der Waals surface area contributed by atoms with Crippen LogP contribution in [0.5, 0.6) is 11.5 Å². The van der Waals surface area contributed by atoms with Crippen molar-refractivity contribution in [3.05, 3.63) is 24.3 Å². The average molecular weight is 370 g/mol. The molecule has 0 aliphatic carbocycles. The topological polar surface area (TPSA) is 109 Å². The molecule has 1 rings (SSSR count). The number of ether oxygens (including phenoxy) is 2. The minimum atomic E-state index is -0.623. The Morgan fingerprint density at radius 2 is 1.46 bits per heavy atom. The van der Waals surface area contributed by atoms with Crippen molar-refractivity contribution < 1.29 is 19.7 Å². The Labute approximate surface area is 156 Å². The molecule has 150 valence electrons. The highest BCUT2D eigenvalue weighted by atomic mass is 16.5. The van der Waals surface area contributed by atoms with Gasteiger partial charge in [-0.3, -0.25) is 0 Å². The third-order valence-electron chi connectivity index (χ3n) is 4.06. The van der Waals surface area contributed by atoms with Crippen molar-refractivity contribution in [2.45, 2.75) is 51.5 Å². The van der Waals surface area contributed by atoms with Gasteiger partial charge in [0, 0.05) is 37.8 Å². The number of rotatable bonds is 14. The summed E-state index contributed by atoms with van der Waals surface area (Å²) in [6.45, 7) is 7.95. The quantitative estimate of drug-likeness (QED) is 0.325. The molecule has 0 radical (unpaired) electrons. The molecule has 0 spiro atoms. The highest BCUT2D eigenvalue weighted by molar-refractivity contribution is 5.33. The predicted octanol–water partition coefficient (Wildman–Crippen LogP) is 0.491. The molecular weight excluding hydrogens is 334 g/mol. The number of aliphatic hydroxyl groups is 2. The van der Waals surface area contributed by atoms with E-state index >= 15 is 0 Å². The van der Waals surface area contributed by atoms with Gasteiger partial charge >= 0.3 is 0 Å². The van der Waals surface area contributed by atoms with E-state index in [0.29, 0.717) is 37.2 Å². The molecule has 7 nitrogen and oxygen atoms in total. The van der Waals surface area contributed by atoms with Crippen molar-refractivity contribution in [3.63, 3.8) is 0 Å². The van der Waals surface area contributed by atoms with Crippen LogP contribution in [0.3, 0.4) is 0 Å². The number of nitrogens with one attached hydrogen (secondary N) is 2. The molecule has 1 aromatic rings. The maximum Gasteiger partial charge on any atom is 0.123 e. The van der Waals surface area contributed by atoms with Crippen molar-refractivity contribution >= 4 is 0 Å². The van der Waals surface area contributed by atoms with Crippen LogP contribution in [0.1, 0.15) is 27.2 Å². The number of benzene rings is 1. The van der Waals surface area contributed by atoms with Crippen LogP contribution in [-0.4, -0.2) is 67.4 Å². The van der Waals surface area contributed by atoms with Gasteiger partial charge < -0.3 is 36.1 Å². The Kier molecular flexibility index (Phi) is 11.2. The van der Waals surface area contributed by atoms with Crippen LogP contribution in [0.25, 0.3) is 0 Å². The second kappa shape index (κ2) is 12.9. The SMILES string of the molecule is CCC(C)NCC(O)COc1cccc(OCC(O)CNC(C)CN)c1. The third kappa shape index (κ3) is 9.94. The van der Waals surface area contributed by atoms with E-state index in [2.05, 4.69) is 24.5 Å². The van der Waals surface area contributed by atoms with Crippen molar-refractivity contribution in [3.8, 4) is 11.5 Å². The van der Waals surface area contributed by atoms with E-state index in [1.807, 2.05) is 19.1 Å². The summed E-state index contributed by atoms with van der Waals surface area (Å²) >= 11 is 0. The van der Waals surface area contributed by atoms with Gasteiger partial charge in [-0.1, -0.05) is 13.0 Å². The number of aliphatic hydroxyl groups excluding tert-OH is 2. The monoisotopic (exact) mass is 369 g/mol. The number of nitrogens with two attached hydrogens (primary N) is 1. The number of hydrogen-bond donors (Lipinski definition) is 5. The summed E-state index contributed by atoms with van der Waals surface area (Å²) in [7, 11) is 0. The van der Waals surface area contributed by atoms with E-state index in [1.54, 1.807) is 12.1 Å². The van der Waals surface area contributed by atoms with Gasteiger partial charge in [-0.25, -0.2) is 0 Å². The van der Waals surface area contributed by atoms with Crippen molar-refractivity contribution in [1.82, 2.24) is 10.6 Å². The van der Waals surface area contributed by atoms with E-state index in [9.17, 15) is 10.2 Å². The summed E-state index contributed by atoms with van der Waals surface area (Å²) in [5, 5.41) is 26.2. The second-order valence-electron chi connectivity index (χ2n) is 6.67. The highest BCUT2D eigenvalue weighted by Crippen LogP contribution is 2.19. The van der Waals surface area contributed by atoms with Gasteiger partial charge in [-0.15, -0.1) is 0 Å². The van der Waals surface area contributed by atoms with Gasteiger partial charge in [-0.2, -0.15) is 0 Å². The molecule has 4 unspecified atom stereocenters. The smallest absolute Gasteiger partial charge is 0.123 e. The van der Waals surface area contributed by atoms with Gasteiger partial charge in [0.2, 0.25) is 0 Å². The molecule has 0 amide bonds. The van der Waals surface area contributed by atoms with E-state index in [4.69, 9.17) is 15.2 Å². The number of hydrogen-bond acceptors (Lipinski definition) is 7. The van der Waals surface area contributed by atoms with Gasteiger partial charge in [0.1, 0.15) is 36.9 Å². The van der Waals surface area contributed by atoms with Crippen LogP contribution in [-0.2, 0) is 0 Å². The fourth-order valence-electron chi connectivity index (χ4n) is 2.06. The van der Waals surface area contributed by atoms with Crippen LogP contribution in [0.2, 0.25) is 0 Å². The maximum atomic E-state index is 9.96. The summed E-state index contributed by atoms with van der Waals surface area (Å²) in [6, 6.07) is 7.70. The Hall–Kier alpha value is -1.38. The highest BCUT2D eigenvalue weighted by Gasteiger charge is 2.09. The first-order chi connectivity index (χ1) is 12.4. The Bertz CT molecular complexity index is 450. The maximum absolute atomic E-state index is 9.96. The molecule has 4 atom stereocenters. The summed E-state index contributed by atoms with van der Waals surface area (Å²) in [4.78, 5) is 0. The van der Waals surface area contributed by atoms with Gasteiger partial charge in [0.05, 0.1) is 0 Å². The summed E-state index contributed by atoms with van der Waals surface area (Å²) in [6.07, 6.45) is -0.188. The minimum Gasteiger partial charge on any atom is -0.491 e. The van der Waals surface area contributed by atoms with Crippen molar-refractivity contribution in [2.75, 3.05) is 32.8 Å². The van der Waals surface area contributed by atoms with E-state index in [1.165, 1.54) is 0 Å². The largest absolute Gasteiger partial charge is 0.491 e. The van der Waals surface area contributed by atoms with Gasteiger partial charge in [0.15, 0.2) is 0 Å². The molecule has 0 saturated heterocycles. The molecule has 0 aliphatic heterocycles. The lowest BCUT2D eigenvalue weighted by molar-refractivity contribution is 0.100. The van der Waals surface area contributed by atoms with Crippen LogP contribution < -0.4 is 25.8 Å². The third-order valence-corrected chi connectivity index (χ3v) is 4.06. The lowest BCUT2D eigenvalue weighted by atomic mass is 10.2. The summed E-state index contributed by atoms with van der Waals surface area (Å²) in [5.74, 6) is 1.23. The fourth-order valence-corrected chi connectivity index (χ4v) is 2.06. The zero-order valence-corrected chi connectivity index (χ0v) is 16.1. The van der Waals surface area contributed by atoms with Crippen LogP contribution in [0.15, 0.2) is 24.3 Å². The molecule has 0 aliphatic rings. The molecule has 7 heteroatoms. The van der Waals surface area contributed by atoms with Crippen molar-refractivity contribution in [2.24, 2.45) is 5.73 Å². The Morgan fingerprint density at radius 3 is 1.92 bits per heavy atom. The Morgan fingerprint density at radius 1 is 0.962 bits per heavy atom. The normalized spacial score (nSPS) is 15.9. The van der Waals surface area contributed by atoms with E-state index in [-0.39, 0.29) is 19.3 Å². The molecule has 0 aromatic heterocycles. The van der Waals surface area contributed by atoms with Crippen molar-refractivity contribution in [1.29, 1.82) is 0 Å². The average Bonchev–Trinajstić information content (AvgIpc) is 2.67. The molecule has 0 heterocycles. The van der Waals surface area contributed by atoms with E-state index < -0.39 is 12.2 Å². The zero-order chi connectivity index (χ0) is 19.4. The molecular formula is C19H35N3O4. The minimum absolute atomic E-state index is 0.155. The van der Waals surface area contributed by atoms with Gasteiger partial charge in [-0.05, 0) is 32.4 Å². The van der Waals surface area contributed by atoms with Gasteiger partial charge in [0.25, 0.3) is 0 Å². The lowest BCUT2D eigenvalue weighted by Crippen LogP contribution is -2.40. The summed E-state index contributed by atoms with van der Waals surface area (Å²) < 4.78 is 11.2. The molecule has 0 fully saturated rings. The fraction of sp³-hybridized carbons (Fsp3) is 0.684. The second-order valence-corrected chi connectivity index (χ2v) is 6.67. The zero-order valence-electron chi connectivity index (χ0n) is 16.1. The summed E-state index contributed by atoms with van der Waals surface area (Å²) in [5.41, 5.74) is 5.52. The van der Waals surface area contributed by atoms with Crippen LogP contribution >= 0.6 is 0 Å². The first kappa shape index (κ1) is 22.7. The lowest BCUT2D eigenvalue weighted by Gasteiger charge is -2.17. The van der Waals surface area contributed by atoms with Crippen LogP contribution in [0, 0.1) is 0 Å². The molecule has 0 bridgehead atoms. The molecule has 1 aromatic carbocycles. The first-order valence-corrected chi connectivity index (χ1v) is 9.33. The Balaban J connectivity index is 2.33.